The largest absolute Gasteiger partial charge is 0.355 e. The standard InChI is InChI=1S/C24H25N3/c1-15(2)24(16(3)4)26-18(6)20-13-23(19-8-7-11-25-14-19)27-22-10-9-17(5)12-21(20)22/h7-14,26H,1,6H2,2-5H3. The van der Waals surface area contributed by atoms with Crippen molar-refractivity contribution in [3.05, 3.63) is 89.9 Å². The van der Waals surface area contributed by atoms with Crippen molar-refractivity contribution >= 4 is 16.6 Å². The first-order valence-electron chi connectivity index (χ1n) is 8.98. The Morgan fingerprint density at radius 2 is 1.81 bits per heavy atom. The van der Waals surface area contributed by atoms with Crippen LogP contribution in [0.3, 0.4) is 0 Å². The predicted octanol–water partition coefficient (Wildman–Crippen LogP) is 6.04. The zero-order chi connectivity index (χ0) is 19.6. The number of aromatic nitrogens is 2. The molecular weight excluding hydrogens is 330 g/mol. The van der Waals surface area contributed by atoms with Crippen LogP contribution in [0.1, 0.15) is 31.9 Å². The molecule has 0 fully saturated rings. The first-order valence-corrected chi connectivity index (χ1v) is 8.98. The Kier molecular flexibility index (Phi) is 5.22. The molecular formula is C24H25N3. The van der Waals surface area contributed by atoms with E-state index < -0.39 is 0 Å². The van der Waals surface area contributed by atoms with Crippen molar-refractivity contribution in [2.45, 2.75) is 27.7 Å². The molecule has 0 unspecified atom stereocenters. The number of benzene rings is 1. The average molecular weight is 355 g/mol. The van der Waals surface area contributed by atoms with E-state index in [-0.39, 0.29) is 0 Å². The predicted molar refractivity (Wildman–Crippen MR) is 115 cm³/mol. The Morgan fingerprint density at radius 3 is 2.44 bits per heavy atom. The summed E-state index contributed by atoms with van der Waals surface area (Å²) in [5, 5.41) is 4.54. The van der Waals surface area contributed by atoms with Gasteiger partial charge in [-0.3, -0.25) is 4.98 Å². The monoisotopic (exact) mass is 355 g/mol. The molecule has 3 nitrogen and oxygen atoms in total. The SMILES string of the molecule is C=C(C)C(NC(=C)c1cc(-c2cccnc2)nc2ccc(C)cc12)=C(C)C. The minimum atomic E-state index is 0.831. The van der Waals surface area contributed by atoms with Crippen LogP contribution >= 0.6 is 0 Å². The molecule has 136 valence electrons. The minimum absolute atomic E-state index is 0.831. The van der Waals surface area contributed by atoms with Crippen molar-refractivity contribution in [2.75, 3.05) is 0 Å². The maximum Gasteiger partial charge on any atom is 0.0731 e. The van der Waals surface area contributed by atoms with Gasteiger partial charge < -0.3 is 5.32 Å². The molecule has 3 heteroatoms. The van der Waals surface area contributed by atoms with Crippen LogP contribution in [0.5, 0.6) is 0 Å². The molecule has 0 aliphatic carbocycles. The highest BCUT2D eigenvalue weighted by molar-refractivity contribution is 5.93. The van der Waals surface area contributed by atoms with Gasteiger partial charge in [-0.05, 0) is 63.6 Å². The van der Waals surface area contributed by atoms with Gasteiger partial charge in [0, 0.05) is 40.3 Å². The summed E-state index contributed by atoms with van der Waals surface area (Å²) in [5.74, 6) is 0. The lowest BCUT2D eigenvalue weighted by atomic mass is 10.0. The highest BCUT2D eigenvalue weighted by Gasteiger charge is 2.12. The second-order valence-electron chi connectivity index (χ2n) is 7.08. The van der Waals surface area contributed by atoms with Crippen molar-refractivity contribution in [1.29, 1.82) is 0 Å². The second-order valence-corrected chi connectivity index (χ2v) is 7.08. The second kappa shape index (κ2) is 7.58. The van der Waals surface area contributed by atoms with Crippen LogP contribution in [0.25, 0.3) is 27.9 Å². The van der Waals surface area contributed by atoms with E-state index in [0.717, 1.165) is 44.7 Å². The van der Waals surface area contributed by atoms with Crippen molar-refractivity contribution < 1.29 is 0 Å². The van der Waals surface area contributed by atoms with Crippen LogP contribution in [-0.4, -0.2) is 9.97 Å². The molecule has 3 rings (SSSR count). The van der Waals surface area contributed by atoms with Crippen LogP contribution in [0.2, 0.25) is 0 Å². The first-order chi connectivity index (χ1) is 12.9. The number of nitrogens with zero attached hydrogens (tertiary/aromatic N) is 2. The number of pyridine rings is 2. The van der Waals surface area contributed by atoms with Crippen molar-refractivity contribution in [2.24, 2.45) is 0 Å². The van der Waals surface area contributed by atoms with E-state index in [4.69, 9.17) is 4.98 Å². The Balaban J connectivity index is 2.18. The smallest absolute Gasteiger partial charge is 0.0731 e. The third-order valence-corrected chi connectivity index (χ3v) is 4.45. The lowest BCUT2D eigenvalue weighted by Gasteiger charge is -2.18. The van der Waals surface area contributed by atoms with Crippen molar-refractivity contribution in [1.82, 2.24) is 15.3 Å². The molecule has 0 saturated carbocycles. The molecule has 1 N–H and O–H groups in total. The Morgan fingerprint density at radius 1 is 1.04 bits per heavy atom. The lowest BCUT2D eigenvalue weighted by Crippen LogP contribution is -2.13. The zero-order valence-electron chi connectivity index (χ0n) is 16.4. The number of rotatable bonds is 5. The van der Waals surface area contributed by atoms with Gasteiger partial charge in [0.05, 0.1) is 11.2 Å². The van der Waals surface area contributed by atoms with E-state index in [0.29, 0.717) is 0 Å². The van der Waals surface area contributed by atoms with E-state index in [1.54, 1.807) is 6.20 Å². The summed E-state index contributed by atoms with van der Waals surface area (Å²) in [7, 11) is 0. The van der Waals surface area contributed by atoms with Crippen LogP contribution < -0.4 is 5.32 Å². The molecule has 3 aromatic rings. The fraction of sp³-hybridized carbons (Fsp3) is 0.167. The van der Waals surface area contributed by atoms with Gasteiger partial charge in [-0.15, -0.1) is 0 Å². The molecule has 2 aromatic heterocycles. The van der Waals surface area contributed by atoms with Gasteiger partial charge in [-0.25, -0.2) is 4.98 Å². The van der Waals surface area contributed by atoms with Gasteiger partial charge in [0.2, 0.25) is 0 Å². The van der Waals surface area contributed by atoms with E-state index in [1.165, 1.54) is 11.1 Å². The summed E-state index contributed by atoms with van der Waals surface area (Å²) in [5.41, 5.74) is 9.02. The molecule has 2 heterocycles. The van der Waals surface area contributed by atoms with E-state index in [2.05, 4.69) is 68.5 Å². The van der Waals surface area contributed by atoms with Gasteiger partial charge >= 0.3 is 0 Å². The summed E-state index contributed by atoms with van der Waals surface area (Å²) >= 11 is 0. The van der Waals surface area contributed by atoms with Gasteiger partial charge in [-0.2, -0.15) is 0 Å². The molecule has 27 heavy (non-hydrogen) atoms. The first kappa shape index (κ1) is 18.6. The fourth-order valence-electron chi connectivity index (χ4n) is 3.13. The number of hydrogen-bond donors (Lipinski definition) is 1. The van der Waals surface area contributed by atoms with E-state index in [9.17, 15) is 0 Å². The Hall–Kier alpha value is -3.20. The summed E-state index contributed by atoms with van der Waals surface area (Å²) < 4.78 is 0. The average Bonchev–Trinajstić information content (AvgIpc) is 2.65. The van der Waals surface area contributed by atoms with Crippen molar-refractivity contribution in [3.63, 3.8) is 0 Å². The summed E-state index contributed by atoms with van der Waals surface area (Å²) in [6.45, 7) is 16.6. The van der Waals surface area contributed by atoms with E-state index >= 15 is 0 Å². The molecule has 0 aliphatic heterocycles. The molecule has 0 saturated heterocycles. The lowest BCUT2D eigenvalue weighted by molar-refractivity contribution is 1.05. The molecule has 0 spiro atoms. The van der Waals surface area contributed by atoms with Gasteiger partial charge in [0.1, 0.15) is 0 Å². The maximum atomic E-state index is 4.84. The van der Waals surface area contributed by atoms with Crippen LogP contribution in [0.15, 0.2) is 78.8 Å². The third-order valence-electron chi connectivity index (χ3n) is 4.45. The molecule has 0 radical (unpaired) electrons. The van der Waals surface area contributed by atoms with Crippen molar-refractivity contribution in [3.8, 4) is 11.3 Å². The fourth-order valence-corrected chi connectivity index (χ4v) is 3.13. The van der Waals surface area contributed by atoms with Crippen LogP contribution in [0.4, 0.5) is 0 Å². The topological polar surface area (TPSA) is 37.8 Å². The van der Waals surface area contributed by atoms with Crippen LogP contribution in [0, 0.1) is 6.92 Å². The Bertz CT molecular complexity index is 1060. The maximum absolute atomic E-state index is 4.84. The van der Waals surface area contributed by atoms with Gasteiger partial charge in [0.25, 0.3) is 0 Å². The normalized spacial score (nSPS) is 10.5. The van der Waals surface area contributed by atoms with Gasteiger partial charge in [0.15, 0.2) is 0 Å². The molecule has 0 amide bonds. The number of fused-ring (bicyclic) bond motifs is 1. The minimum Gasteiger partial charge on any atom is -0.355 e. The highest BCUT2D eigenvalue weighted by Crippen LogP contribution is 2.29. The molecule has 0 bridgehead atoms. The third kappa shape index (κ3) is 3.98. The molecule has 0 aliphatic rings. The Labute approximate surface area is 161 Å². The summed E-state index contributed by atoms with van der Waals surface area (Å²) in [6, 6.07) is 12.3. The van der Waals surface area contributed by atoms with E-state index in [1.807, 2.05) is 25.3 Å². The number of hydrogen-bond acceptors (Lipinski definition) is 3. The number of aryl methyl sites for hydroxylation is 1. The quantitative estimate of drug-likeness (QED) is 0.567. The van der Waals surface area contributed by atoms with Crippen LogP contribution in [-0.2, 0) is 0 Å². The number of nitrogens with one attached hydrogen (secondary N) is 1. The molecule has 0 atom stereocenters. The molecule has 1 aromatic carbocycles. The summed E-state index contributed by atoms with van der Waals surface area (Å²) in [4.78, 5) is 9.07. The zero-order valence-corrected chi connectivity index (χ0v) is 16.4. The van der Waals surface area contributed by atoms with Gasteiger partial charge in [-0.1, -0.05) is 30.4 Å². The highest BCUT2D eigenvalue weighted by atomic mass is 14.9. The number of allylic oxidation sites excluding steroid dienone is 2. The summed E-state index contributed by atoms with van der Waals surface area (Å²) in [6.07, 6.45) is 3.60.